The predicted molar refractivity (Wildman–Crippen MR) is 163 cm³/mol. The topological polar surface area (TPSA) is 224 Å². The number of aromatic nitrogens is 2. The summed E-state index contributed by atoms with van der Waals surface area (Å²) in [4.78, 5) is 38.6. The van der Waals surface area contributed by atoms with Gasteiger partial charge in [0.15, 0.2) is 18.0 Å². The summed E-state index contributed by atoms with van der Waals surface area (Å²) in [7, 11) is -3.12. The third-order valence-corrected chi connectivity index (χ3v) is 8.22. The number of nitrogens with zero attached hydrogens (tertiary/aromatic N) is 6. The molecular formula is C29H29N7O9P+. The Bertz CT molecular complexity index is 1830. The van der Waals surface area contributed by atoms with Gasteiger partial charge in [-0.15, -0.1) is 4.52 Å². The Labute approximate surface area is 262 Å². The van der Waals surface area contributed by atoms with E-state index in [1.165, 1.54) is 19.2 Å². The van der Waals surface area contributed by atoms with Gasteiger partial charge in [-0.3, -0.25) is 9.36 Å². The minimum absolute atomic E-state index is 0.0670. The van der Waals surface area contributed by atoms with Crippen LogP contribution in [-0.2, 0) is 30.0 Å². The van der Waals surface area contributed by atoms with E-state index in [-0.39, 0.29) is 18.2 Å². The Balaban J connectivity index is 1.40. The van der Waals surface area contributed by atoms with Crippen LogP contribution in [-0.4, -0.2) is 61.1 Å². The summed E-state index contributed by atoms with van der Waals surface area (Å²) in [6.45, 7) is 0.418. The number of anilines is 1. The molecule has 1 aliphatic heterocycles. The molecule has 0 radical (unpaired) electrons. The van der Waals surface area contributed by atoms with Gasteiger partial charge in [-0.1, -0.05) is 71.8 Å². The van der Waals surface area contributed by atoms with Crippen LogP contribution in [0.5, 0.6) is 5.75 Å². The second kappa shape index (κ2) is 14.0. The number of nitrogen functional groups attached to an aromatic ring is 1. The van der Waals surface area contributed by atoms with Gasteiger partial charge >= 0.3 is 19.8 Å². The first kappa shape index (κ1) is 32.5. The van der Waals surface area contributed by atoms with Crippen molar-refractivity contribution in [3.63, 3.8) is 0 Å². The van der Waals surface area contributed by atoms with Crippen molar-refractivity contribution in [3.8, 4) is 5.75 Å². The Kier molecular flexibility index (Phi) is 9.90. The molecule has 1 fully saturated rings. The fourth-order valence-corrected chi connectivity index (χ4v) is 5.63. The third kappa shape index (κ3) is 6.83. The maximum atomic E-state index is 13.7. The number of carbonyl (C=O) groups is 1. The lowest BCUT2D eigenvalue weighted by molar-refractivity contribution is -0.157. The molecule has 0 aliphatic carbocycles. The van der Waals surface area contributed by atoms with Crippen molar-refractivity contribution < 1.29 is 38.4 Å². The van der Waals surface area contributed by atoms with Crippen LogP contribution in [0.3, 0.4) is 0 Å². The van der Waals surface area contributed by atoms with E-state index >= 15 is 0 Å². The molecule has 5 rings (SSSR count). The van der Waals surface area contributed by atoms with E-state index in [9.17, 15) is 29.9 Å². The highest BCUT2D eigenvalue weighted by Gasteiger charge is 2.57. The molecule has 1 aliphatic rings. The quantitative estimate of drug-likeness (QED) is 0.0501. The molecule has 0 saturated carbocycles. The molecule has 46 heavy (non-hydrogen) atoms. The molecule has 0 bridgehead atoms. The molecule has 0 spiro atoms. The molecule has 2 heterocycles. The van der Waals surface area contributed by atoms with E-state index in [4.69, 9.17) is 24.6 Å². The monoisotopic (exact) mass is 650 g/mol. The minimum atomic E-state index is -3.12. The van der Waals surface area contributed by atoms with Crippen molar-refractivity contribution >= 4 is 30.7 Å². The molecular weight excluding hydrogens is 621 g/mol. The van der Waals surface area contributed by atoms with Gasteiger partial charge in [-0.2, -0.15) is 4.98 Å². The number of nitrogens with two attached hydrogens (primary N) is 1. The van der Waals surface area contributed by atoms with Crippen molar-refractivity contribution in [2.75, 3.05) is 12.3 Å². The summed E-state index contributed by atoms with van der Waals surface area (Å²) in [5, 5.41) is 26.6. The number of esters is 1. The average molecular weight is 651 g/mol. The van der Waals surface area contributed by atoms with Crippen LogP contribution in [0.2, 0.25) is 0 Å². The number of ether oxygens (including phenoxy) is 2. The number of fused-ring (bicyclic) bond motifs is 1. The lowest BCUT2D eigenvalue weighted by atomic mass is 10.1. The smallest absolute Gasteiger partial charge is 0.459 e. The standard InChI is InChI=1S/C29H28N7O9P/c1-18(27(39)42-16-19-8-3-2-4-9-19)36(45-22-13-7-11-20-10-5-6-12-21(20)22)46(41)43-17-29(33-34-31)25(38)24(37)26(44-29)35-15-14-23(30)32-28(35)40/h2-15,18,24-26,37-38H,16-17H2,1H3,(H-,30,32,40)/p+1/t18?,24-,25+,26-,29-/m1/s1. The van der Waals surface area contributed by atoms with Crippen LogP contribution in [0.4, 0.5) is 5.82 Å². The lowest BCUT2D eigenvalue weighted by Crippen LogP contribution is -2.45. The maximum absolute atomic E-state index is 13.7. The van der Waals surface area contributed by atoms with Crippen LogP contribution < -0.4 is 16.3 Å². The van der Waals surface area contributed by atoms with E-state index < -0.39 is 56.6 Å². The first-order valence-corrected chi connectivity index (χ1v) is 15.0. The van der Waals surface area contributed by atoms with Crippen LogP contribution in [0, 0.1) is 0 Å². The Morgan fingerprint density at radius 3 is 2.63 bits per heavy atom. The molecule has 238 valence electrons. The molecule has 4 aromatic rings. The highest BCUT2D eigenvalue weighted by Crippen LogP contribution is 2.42. The third-order valence-electron chi connectivity index (χ3n) is 7.12. The Morgan fingerprint density at radius 2 is 1.89 bits per heavy atom. The normalized spacial score (nSPS) is 21.8. The SMILES string of the molecule is CC(C(=O)OCc1ccccc1)N(Oc1cccc2ccccc12)[P+](=O)OC[C@@]1(N=[N+]=[N-])O[C@@H](n2ccc(N)nc2=O)[C@H](O)[C@@H]1O. The van der Waals surface area contributed by atoms with E-state index in [2.05, 4.69) is 15.0 Å². The van der Waals surface area contributed by atoms with Gasteiger partial charge in [0.2, 0.25) is 5.72 Å². The summed E-state index contributed by atoms with van der Waals surface area (Å²) >= 11 is 0. The fraction of sp³-hybridized carbons (Fsp3) is 0.276. The summed E-state index contributed by atoms with van der Waals surface area (Å²) in [6, 6.07) is 21.2. The van der Waals surface area contributed by atoms with Crippen molar-refractivity contribution in [1.29, 1.82) is 0 Å². The van der Waals surface area contributed by atoms with Crippen molar-refractivity contribution in [2.24, 2.45) is 5.11 Å². The van der Waals surface area contributed by atoms with Gasteiger partial charge in [0.1, 0.15) is 36.1 Å². The number of hydrogen-bond donors (Lipinski definition) is 3. The zero-order valence-electron chi connectivity index (χ0n) is 24.3. The van der Waals surface area contributed by atoms with E-state index in [0.29, 0.717) is 5.39 Å². The fourth-order valence-electron chi connectivity index (χ4n) is 4.69. The van der Waals surface area contributed by atoms with E-state index in [1.807, 2.05) is 24.3 Å². The summed E-state index contributed by atoms with van der Waals surface area (Å²) < 4.78 is 31.2. The van der Waals surface area contributed by atoms with Crippen LogP contribution in [0.1, 0.15) is 18.7 Å². The van der Waals surface area contributed by atoms with Crippen molar-refractivity contribution in [2.45, 2.75) is 43.7 Å². The number of azide groups is 1. The zero-order chi connectivity index (χ0) is 32.8. The predicted octanol–water partition coefficient (Wildman–Crippen LogP) is 3.34. The second-order valence-corrected chi connectivity index (χ2v) is 11.3. The number of aliphatic hydroxyl groups is 2. The molecule has 1 saturated heterocycles. The first-order valence-electron chi connectivity index (χ1n) is 13.8. The summed E-state index contributed by atoms with van der Waals surface area (Å²) in [5.74, 6) is -0.664. The van der Waals surface area contributed by atoms with Crippen LogP contribution in [0.25, 0.3) is 21.2 Å². The van der Waals surface area contributed by atoms with Gasteiger partial charge in [-0.25, -0.2) is 4.79 Å². The number of rotatable bonds is 12. The molecule has 16 nitrogen and oxygen atoms in total. The van der Waals surface area contributed by atoms with Gasteiger partial charge in [0, 0.05) is 16.5 Å². The summed E-state index contributed by atoms with van der Waals surface area (Å²) in [5.41, 5.74) is 12.3. The largest absolute Gasteiger partial charge is 0.653 e. The van der Waals surface area contributed by atoms with Crippen LogP contribution >= 0.6 is 8.18 Å². The molecule has 6 atom stereocenters. The van der Waals surface area contributed by atoms with E-state index in [1.54, 1.807) is 48.5 Å². The molecule has 4 N–H and O–H groups in total. The van der Waals surface area contributed by atoms with Gasteiger partial charge in [-0.05, 0) is 40.1 Å². The molecule has 0 amide bonds. The highest BCUT2D eigenvalue weighted by molar-refractivity contribution is 7.36. The molecule has 1 aromatic heterocycles. The average Bonchev–Trinajstić information content (AvgIpc) is 3.30. The van der Waals surface area contributed by atoms with E-state index in [0.717, 1.165) is 20.4 Å². The van der Waals surface area contributed by atoms with Crippen molar-refractivity contribution in [3.05, 3.63) is 112 Å². The van der Waals surface area contributed by atoms with Gasteiger partial charge in [0.25, 0.3) is 0 Å². The zero-order valence-corrected chi connectivity index (χ0v) is 25.2. The molecule has 3 aromatic carbocycles. The van der Waals surface area contributed by atoms with Gasteiger partial charge in [0.05, 0.1) is 0 Å². The number of benzene rings is 3. The molecule has 17 heteroatoms. The van der Waals surface area contributed by atoms with Crippen LogP contribution in [0.15, 0.2) is 95.0 Å². The number of carbonyl (C=O) groups excluding carboxylic acids is 1. The second-order valence-electron chi connectivity index (χ2n) is 10.2. The van der Waals surface area contributed by atoms with Crippen molar-refractivity contribution in [1.82, 2.24) is 14.4 Å². The number of aliphatic hydroxyl groups excluding tert-OH is 2. The minimum Gasteiger partial charge on any atom is -0.459 e. The Morgan fingerprint density at radius 1 is 1.17 bits per heavy atom. The lowest BCUT2D eigenvalue weighted by Gasteiger charge is -2.24. The summed E-state index contributed by atoms with van der Waals surface area (Å²) in [6.07, 6.45) is -4.19. The number of hydrogen-bond acceptors (Lipinski definition) is 12. The molecule has 2 unspecified atom stereocenters. The van der Waals surface area contributed by atoms with Gasteiger partial charge < -0.3 is 30.3 Å². The first-order chi connectivity index (χ1) is 22.1. The number of hydroxylamine groups is 1. The maximum Gasteiger partial charge on any atom is 0.653 e. The highest BCUT2D eigenvalue weighted by atomic mass is 31.1. The Hall–Kier alpha value is -4.92.